The van der Waals surface area contributed by atoms with E-state index in [0.29, 0.717) is 25.3 Å². The van der Waals surface area contributed by atoms with Gasteiger partial charge in [-0.1, -0.05) is 30.3 Å². The Morgan fingerprint density at radius 1 is 1.06 bits per heavy atom. The van der Waals surface area contributed by atoms with Gasteiger partial charge in [0.2, 0.25) is 0 Å². The van der Waals surface area contributed by atoms with E-state index >= 15 is 0 Å². The van der Waals surface area contributed by atoms with E-state index in [1.54, 1.807) is 18.2 Å². The van der Waals surface area contributed by atoms with Crippen molar-refractivity contribution in [2.24, 2.45) is 0 Å². The van der Waals surface area contributed by atoms with Crippen molar-refractivity contribution in [1.82, 2.24) is 20.1 Å². The number of amides is 2. The fourth-order valence-corrected chi connectivity index (χ4v) is 4.21. The number of pyridine rings is 1. The molecule has 3 heterocycles. The van der Waals surface area contributed by atoms with Crippen LogP contribution in [-0.2, 0) is 13.0 Å². The molecule has 0 saturated carbocycles. The van der Waals surface area contributed by atoms with Gasteiger partial charge in [-0.3, -0.25) is 4.90 Å². The molecule has 0 saturated heterocycles. The van der Waals surface area contributed by atoms with Crippen LogP contribution in [0.3, 0.4) is 0 Å². The molecular weight excluding hydrogens is 414 g/mol. The summed E-state index contributed by atoms with van der Waals surface area (Å²) in [5, 5.41) is 7.96. The Morgan fingerprint density at radius 2 is 1.85 bits per heavy atom. The third-order valence-corrected chi connectivity index (χ3v) is 5.97. The fraction of sp³-hybridized carbons (Fsp3) is 0.192. The lowest BCUT2D eigenvalue weighted by Gasteiger charge is -2.22. The van der Waals surface area contributed by atoms with Crippen molar-refractivity contribution in [3.63, 3.8) is 0 Å². The molecule has 2 aromatic heterocycles. The average Bonchev–Trinajstić information content (AvgIpc) is 3.10. The van der Waals surface area contributed by atoms with E-state index in [0.717, 1.165) is 39.5 Å². The summed E-state index contributed by atoms with van der Waals surface area (Å²) >= 11 is 0. The highest BCUT2D eigenvalue weighted by Gasteiger charge is 2.29. The molecule has 1 aliphatic rings. The Balaban J connectivity index is 1.43. The predicted molar refractivity (Wildman–Crippen MR) is 128 cm³/mol. The summed E-state index contributed by atoms with van der Waals surface area (Å²) in [7, 11) is 1.64. The first-order chi connectivity index (χ1) is 16.2. The Labute approximate surface area is 192 Å². The van der Waals surface area contributed by atoms with Crippen LogP contribution in [0.4, 0.5) is 10.6 Å². The maximum atomic E-state index is 13.2. The quantitative estimate of drug-likeness (QED) is 0.507. The number of benzene rings is 2. The number of nitrogens with zero attached hydrogens (tertiary/aromatic N) is 4. The highest BCUT2D eigenvalue weighted by Crippen LogP contribution is 2.36. The van der Waals surface area contributed by atoms with Crippen LogP contribution in [0.2, 0.25) is 0 Å². The Kier molecular flexibility index (Phi) is 5.52. The number of nitrogens with one attached hydrogen (secondary N) is 1. The van der Waals surface area contributed by atoms with Gasteiger partial charge in [-0.05, 0) is 55.3 Å². The van der Waals surface area contributed by atoms with Gasteiger partial charge in [0.15, 0.2) is 0 Å². The Morgan fingerprint density at radius 3 is 2.61 bits per heavy atom. The van der Waals surface area contributed by atoms with Crippen LogP contribution in [0.25, 0.3) is 16.9 Å². The minimum atomic E-state index is -0.176. The number of rotatable bonds is 4. The van der Waals surface area contributed by atoms with Gasteiger partial charge in [0.05, 0.1) is 18.5 Å². The summed E-state index contributed by atoms with van der Waals surface area (Å²) in [5.74, 6) is 1.41. The van der Waals surface area contributed by atoms with Crippen LogP contribution < -0.4 is 15.0 Å². The molecular formula is C26H25N5O2. The van der Waals surface area contributed by atoms with Crippen molar-refractivity contribution < 1.29 is 9.53 Å². The molecule has 5 rings (SSSR count). The lowest BCUT2D eigenvalue weighted by Crippen LogP contribution is -2.41. The number of urea groups is 1. The topological polar surface area (TPSA) is 72.3 Å². The normalized spacial score (nSPS) is 12.5. The second-order valence-electron chi connectivity index (χ2n) is 7.94. The summed E-state index contributed by atoms with van der Waals surface area (Å²) in [6, 6.07) is 21.4. The molecule has 4 aromatic rings. The van der Waals surface area contributed by atoms with Crippen LogP contribution in [-0.4, -0.2) is 34.5 Å². The molecule has 0 bridgehead atoms. The van der Waals surface area contributed by atoms with Crippen LogP contribution in [0, 0.1) is 6.92 Å². The molecule has 2 amide bonds. The lowest BCUT2D eigenvalue weighted by molar-refractivity contribution is 0.246. The second-order valence-corrected chi connectivity index (χ2v) is 7.94. The summed E-state index contributed by atoms with van der Waals surface area (Å²) in [4.78, 5) is 19.5. The third kappa shape index (κ3) is 3.93. The molecule has 0 unspecified atom stereocenters. The van der Waals surface area contributed by atoms with E-state index in [1.807, 2.05) is 71.4 Å². The number of methoxy groups -OCH3 is 1. The zero-order chi connectivity index (χ0) is 22.8. The van der Waals surface area contributed by atoms with E-state index in [2.05, 4.69) is 17.2 Å². The zero-order valence-corrected chi connectivity index (χ0v) is 18.7. The number of para-hydroxylation sites is 1. The van der Waals surface area contributed by atoms with Crippen molar-refractivity contribution >= 4 is 11.8 Å². The molecule has 33 heavy (non-hydrogen) atoms. The largest absolute Gasteiger partial charge is 0.497 e. The fourth-order valence-electron chi connectivity index (χ4n) is 4.21. The molecule has 1 aliphatic heterocycles. The number of hydrogen-bond acceptors (Lipinski definition) is 4. The van der Waals surface area contributed by atoms with E-state index in [9.17, 15) is 4.79 Å². The molecule has 7 heteroatoms. The number of hydrogen-bond donors (Lipinski definition) is 1. The van der Waals surface area contributed by atoms with Gasteiger partial charge < -0.3 is 10.1 Å². The van der Waals surface area contributed by atoms with Crippen LogP contribution in [0.1, 0.15) is 16.8 Å². The van der Waals surface area contributed by atoms with Crippen LogP contribution >= 0.6 is 0 Å². The lowest BCUT2D eigenvalue weighted by atomic mass is 10.1. The minimum Gasteiger partial charge on any atom is -0.497 e. The molecule has 0 radical (unpaired) electrons. The number of ether oxygens (including phenoxy) is 1. The molecule has 7 nitrogen and oxygen atoms in total. The van der Waals surface area contributed by atoms with Crippen molar-refractivity contribution in [2.75, 3.05) is 18.6 Å². The van der Waals surface area contributed by atoms with Gasteiger partial charge in [0, 0.05) is 36.1 Å². The summed E-state index contributed by atoms with van der Waals surface area (Å²) in [6.07, 6.45) is 2.41. The van der Waals surface area contributed by atoms with Gasteiger partial charge in [-0.15, -0.1) is 0 Å². The van der Waals surface area contributed by atoms with Crippen molar-refractivity contribution in [3.05, 3.63) is 89.7 Å². The molecule has 2 aromatic carbocycles. The van der Waals surface area contributed by atoms with Gasteiger partial charge in [-0.25, -0.2) is 14.5 Å². The monoisotopic (exact) mass is 439 g/mol. The molecule has 0 aliphatic carbocycles. The summed E-state index contributed by atoms with van der Waals surface area (Å²) in [5.41, 5.74) is 5.97. The van der Waals surface area contributed by atoms with Crippen LogP contribution in [0.15, 0.2) is 72.9 Å². The molecule has 0 fully saturated rings. The van der Waals surface area contributed by atoms with Crippen molar-refractivity contribution in [1.29, 1.82) is 0 Å². The van der Waals surface area contributed by atoms with Crippen LogP contribution in [0.5, 0.6) is 5.75 Å². The Bertz CT molecular complexity index is 1280. The number of fused-ring (bicyclic) bond motifs is 3. The summed E-state index contributed by atoms with van der Waals surface area (Å²) in [6.45, 7) is 3.02. The maximum Gasteiger partial charge on any atom is 0.323 e. The van der Waals surface area contributed by atoms with Crippen molar-refractivity contribution in [2.45, 2.75) is 19.9 Å². The average molecular weight is 440 g/mol. The highest BCUT2D eigenvalue weighted by atomic mass is 16.5. The minimum absolute atomic E-state index is 0.176. The first-order valence-electron chi connectivity index (χ1n) is 10.9. The van der Waals surface area contributed by atoms with E-state index in [-0.39, 0.29) is 6.03 Å². The third-order valence-electron chi connectivity index (χ3n) is 5.97. The van der Waals surface area contributed by atoms with Gasteiger partial charge in [-0.2, -0.15) is 5.10 Å². The smallest absolute Gasteiger partial charge is 0.323 e. The number of carbonyl (C=O) groups is 1. The number of aromatic nitrogens is 3. The predicted octanol–water partition coefficient (Wildman–Crippen LogP) is 4.52. The number of carbonyl (C=O) groups excluding carboxylic acids is 1. The first kappa shape index (κ1) is 20.8. The second kappa shape index (κ2) is 8.78. The molecule has 0 atom stereocenters. The summed E-state index contributed by atoms with van der Waals surface area (Å²) < 4.78 is 7.17. The first-order valence-corrected chi connectivity index (χ1v) is 10.9. The van der Waals surface area contributed by atoms with E-state index < -0.39 is 0 Å². The van der Waals surface area contributed by atoms with E-state index in [4.69, 9.17) is 9.84 Å². The van der Waals surface area contributed by atoms with Gasteiger partial charge in [0.1, 0.15) is 11.6 Å². The molecule has 0 spiro atoms. The van der Waals surface area contributed by atoms with E-state index in [1.165, 1.54) is 0 Å². The standard InChI is InChI=1S/C26H25N5O2/c1-18-22-14-16-30(26(32)28-17-19-10-12-21(33-2)13-11-19)25-23(9-6-15-27-25)24(22)29-31(18)20-7-4-3-5-8-20/h3-13,15H,14,16-17H2,1-2H3,(H,28,32). The maximum absolute atomic E-state index is 13.2. The highest BCUT2D eigenvalue weighted by molar-refractivity contribution is 5.96. The van der Waals surface area contributed by atoms with Crippen molar-refractivity contribution in [3.8, 4) is 22.7 Å². The number of anilines is 1. The van der Waals surface area contributed by atoms with Gasteiger partial charge >= 0.3 is 6.03 Å². The zero-order valence-electron chi connectivity index (χ0n) is 18.7. The SMILES string of the molecule is COc1ccc(CNC(=O)N2CCc3c(nn(-c4ccccc4)c3C)-c3cccnc32)cc1. The Hall–Kier alpha value is -4.13. The molecule has 166 valence electrons. The molecule has 1 N–H and O–H groups in total. The van der Waals surface area contributed by atoms with Gasteiger partial charge in [0.25, 0.3) is 0 Å².